The summed E-state index contributed by atoms with van der Waals surface area (Å²) in [5, 5.41) is 3.38. The fraction of sp³-hybridized carbons (Fsp3) is 0.263. The van der Waals surface area contributed by atoms with E-state index in [4.69, 9.17) is 4.74 Å². The molecule has 2 aliphatic rings. The first-order chi connectivity index (χ1) is 13.5. The summed E-state index contributed by atoms with van der Waals surface area (Å²) >= 11 is 1.28. The summed E-state index contributed by atoms with van der Waals surface area (Å²) in [5.74, 6) is 0.637. The smallest absolute Gasteiger partial charge is 0.257 e. The van der Waals surface area contributed by atoms with E-state index >= 15 is 0 Å². The average molecular weight is 418 g/mol. The molecule has 2 aliphatic heterocycles. The van der Waals surface area contributed by atoms with Crippen molar-refractivity contribution in [1.29, 1.82) is 0 Å². The normalized spacial score (nSPS) is 16.8. The van der Waals surface area contributed by atoms with Crippen LogP contribution in [0.15, 0.2) is 51.8 Å². The van der Waals surface area contributed by atoms with Crippen molar-refractivity contribution >= 4 is 38.5 Å². The van der Waals surface area contributed by atoms with Gasteiger partial charge >= 0.3 is 0 Å². The molecule has 0 saturated carbocycles. The van der Waals surface area contributed by atoms with Gasteiger partial charge in [-0.2, -0.15) is 0 Å². The number of amidine groups is 1. The number of nitrogens with one attached hydrogen (secondary N) is 1. The minimum atomic E-state index is -3.39. The number of hydrogen-bond donors (Lipinski definition) is 1. The first kappa shape index (κ1) is 18.8. The second kappa shape index (κ2) is 7.48. The van der Waals surface area contributed by atoms with Crippen molar-refractivity contribution in [2.45, 2.75) is 11.3 Å². The molecule has 0 spiro atoms. The van der Waals surface area contributed by atoms with E-state index < -0.39 is 10.0 Å². The molecule has 1 N–H and O–H groups in total. The van der Waals surface area contributed by atoms with Gasteiger partial charge in [0.15, 0.2) is 5.17 Å². The van der Waals surface area contributed by atoms with Crippen LogP contribution in [0, 0.1) is 0 Å². The highest BCUT2D eigenvalue weighted by Gasteiger charge is 2.33. The summed E-state index contributed by atoms with van der Waals surface area (Å²) < 4.78 is 32.6. The van der Waals surface area contributed by atoms with Gasteiger partial charge in [-0.3, -0.25) is 4.79 Å². The fourth-order valence-electron chi connectivity index (χ4n) is 3.19. The number of para-hydroxylation sites is 1. The van der Waals surface area contributed by atoms with Gasteiger partial charge in [-0.1, -0.05) is 18.2 Å². The number of sulfonamides is 1. The number of fused-ring (bicyclic) bond motifs is 3. The molecular formula is C19H19N3O4S2. The van der Waals surface area contributed by atoms with Crippen molar-refractivity contribution in [2.24, 2.45) is 4.40 Å². The van der Waals surface area contributed by atoms with Gasteiger partial charge in [-0.15, -0.1) is 4.40 Å². The predicted molar refractivity (Wildman–Crippen MR) is 110 cm³/mol. The number of nitrogens with zero attached hydrogens (tertiary/aromatic N) is 2. The van der Waals surface area contributed by atoms with Crippen LogP contribution in [-0.2, 0) is 16.4 Å². The Bertz CT molecular complexity index is 1070. The lowest BCUT2D eigenvalue weighted by molar-refractivity contribution is 0.0954. The number of methoxy groups -OCH3 is 1. The zero-order valence-corrected chi connectivity index (χ0v) is 16.8. The third-order valence-electron chi connectivity index (χ3n) is 4.61. The summed E-state index contributed by atoms with van der Waals surface area (Å²) in [4.78, 5) is 15.2. The SMILES string of the molecule is COc1ccccc1CCNC(=O)c1ccc2c(c1)SC1=NS(=O)(=O)CCN12. The number of carbonyl (C=O) groups excluding carboxylic acids is 1. The molecule has 0 aromatic heterocycles. The Hall–Kier alpha value is -2.52. The summed E-state index contributed by atoms with van der Waals surface area (Å²) in [6.07, 6.45) is 0.665. The number of amides is 1. The van der Waals surface area contributed by atoms with Gasteiger partial charge in [0.1, 0.15) is 5.75 Å². The second-order valence-corrected chi connectivity index (χ2v) is 9.18. The summed E-state index contributed by atoms with van der Waals surface area (Å²) in [7, 11) is -1.76. The van der Waals surface area contributed by atoms with Crippen molar-refractivity contribution in [3.63, 3.8) is 0 Å². The molecule has 7 nitrogen and oxygen atoms in total. The molecular weight excluding hydrogens is 398 g/mol. The van der Waals surface area contributed by atoms with Crippen LogP contribution in [0.25, 0.3) is 0 Å². The molecule has 146 valence electrons. The third-order valence-corrected chi connectivity index (χ3v) is 6.91. The first-order valence-electron chi connectivity index (χ1n) is 8.79. The van der Waals surface area contributed by atoms with Crippen LogP contribution >= 0.6 is 11.8 Å². The van der Waals surface area contributed by atoms with Gasteiger partial charge < -0.3 is 15.0 Å². The molecule has 9 heteroatoms. The summed E-state index contributed by atoms with van der Waals surface area (Å²) in [6.45, 7) is 0.867. The monoisotopic (exact) mass is 417 g/mol. The lowest BCUT2D eigenvalue weighted by Gasteiger charge is -2.22. The first-order valence-corrected chi connectivity index (χ1v) is 11.2. The Kier molecular flexibility index (Phi) is 5.03. The van der Waals surface area contributed by atoms with E-state index in [0.717, 1.165) is 21.9 Å². The summed E-state index contributed by atoms with van der Waals surface area (Å²) in [5.41, 5.74) is 2.46. The van der Waals surface area contributed by atoms with E-state index in [1.54, 1.807) is 19.2 Å². The minimum absolute atomic E-state index is 0.00167. The van der Waals surface area contributed by atoms with Gasteiger partial charge in [-0.25, -0.2) is 8.42 Å². The highest BCUT2D eigenvalue weighted by atomic mass is 32.2. The van der Waals surface area contributed by atoms with E-state index in [9.17, 15) is 13.2 Å². The largest absolute Gasteiger partial charge is 0.496 e. The zero-order valence-electron chi connectivity index (χ0n) is 15.2. The van der Waals surface area contributed by atoms with E-state index in [1.807, 2.05) is 35.2 Å². The Labute approximate surface area is 167 Å². The number of ether oxygens (including phenoxy) is 1. The second-order valence-electron chi connectivity index (χ2n) is 6.41. The number of hydrogen-bond acceptors (Lipinski definition) is 6. The maximum absolute atomic E-state index is 12.5. The molecule has 4 rings (SSSR count). The molecule has 0 atom stereocenters. The van der Waals surface area contributed by atoms with E-state index in [0.29, 0.717) is 30.2 Å². The Morgan fingerprint density at radius 1 is 1.29 bits per heavy atom. The fourth-order valence-corrected chi connectivity index (χ4v) is 5.49. The highest BCUT2D eigenvalue weighted by Crippen LogP contribution is 2.42. The van der Waals surface area contributed by atoms with Crippen LogP contribution in [0.4, 0.5) is 5.69 Å². The molecule has 2 aromatic carbocycles. The predicted octanol–water partition coefficient (Wildman–Crippen LogP) is 2.28. The average Bonchev–Trinajstić information content (AvgIpc) is 3.03. The van der Waals surface area contributed by atoms with E-state index in [2.05, 4.69) is 9.71 Å². The van der Waals surface area contributed by atoms with Gasteiger partial charge in [0.25, 0.3) is 15.9 Å². The van der Waals surface area contributed by atoms with Gasteiger partial charge in [0.05, 0.1) is 18.6 Å². The van der Waals surface area contributed by atoms with Crippen molar-refractivity contribution in [1.82, 2.24) is 5.32 Å². The topological polar surface area (TPSA) is 88.1 Å². The van der Waals surface area contributed by atoms with Crippen LogP contribution in [-0.4, -0.2) is 45.4 Å². The number of benzene rings is 2. The van der Waals surface area contributed by atoms with Gasteiger partial charge in [-0.05, 0) is 48.0 Å². The highest BCUT2D eigenvalue weighted by molar-refractivity contribution is 8.15. The third kappa shape index (κ3) is 3.72. The molecule has 2 aromatic rings. The Morgan fingerprint density at radius 3 is 2.93 bits per heavy atom. The molecule has 28 heavy (non-hydrogen) atoms. The standard InChI is InChI=1S/C19H19N3O4S2/c1-26-16-5-3-2-4-13(16)8-9-20-18(23)14-6-7-15-17(12-14)27-19-21-28(24,25)11-10-22(15)19/h2-7,12H,8-11H2,1H3,(H,20,23). The van der Waals surface area contributed by atoms with E-state index in [1.165, 1.54) is 11.8 Å². The molecule has 0 aliphatic carbocycles. The van der Waals surface area contributed by atoms with Crippen LogP contribution < -0.4 is 15.0 Å². The van der Waals surface area contributed by atoms with E-state index in [-0.39, 0.29) is 11.7 Å². The maximum atomic E-state index is 12.5. The molecule has 0 unspecified atom stereocenters. The molecule has 0 radical (unpaired) electrons. The van der Waals surface area contributed by atoms with Crippen LogP contribution in [0.5, 0.6) is 5.75 Å². The van der Waals surface area contributed by atoms with Crippen LogP contribution in [0.2, 0.25) is 0 Å². The molecule has 0 fully saturated rings. The van der Waals surface area contributed by atoms with Crippen molar-refractivity contribution in [2.75, 3.05) is 30.9 Å². The van der Waals surface area contributed by atoms with Crippen molar-refractivity contribution in [3.05, 3.63) is 53.6 Å². The molecule has 0 bridgehead atoms. The quantitative estimate of drug-likeness (QED) is 0.803. The van der Waals surface area contributed by atoms with Crippen molar-refractivity contribution < 1.29 is 17.9 Å². The minimum Gasteiger partial charge on any atom is -0.496 e. The number of rotatable bonds is 5. The lowest BCUT2D eigenvalue weighted by Crippen LogP contribution is -2.35. The van der Waals surface area contributed by atoms with Gasteiger partial charge in [0, 0.05) is 23.5 Å². The Morgan fingerprint density at radius 2 is 2.11 bits per heavy atom. The number of anilines is 1. The summed E-state index contributed by atoms with van der Waals surface area (Å²) in [6, 6.07) is 13.1. The molecule has 2 heterocycles. The van der Waals surface area contributed by atoms with Gasteiger partial charge in [0.2, 0.25) is 0 Å². The Balaban J connectivity index is 1.43. The number of thioether (sulfide) groups is 1. The van der Waals surface area contributed by atoms with Crippen LogP contribution in [0.1, 0.15) is 15.9 Å². The molecule has 0 saturated heterocycles. The zero-order chi connectivity index (χ0) is 19.7. The number of carbonyl (C=O) groups is 1. The maximum Gasteiger partial charge on any atom is 0.257 e. The van der Waals surface area contributed by atoms with Crippen LogP contribution in [0.3, 0.4) is 0 Å². The lowest BCUT2D eigenvalue weighted by atomic mass is 10.1. The molecule has 1 amide bonds. The van der Waals surface area contributed by atoms with Crippen molar-refractivity contribution in [3.8, 4) is 5.75 Å².